The number of hydrogen-bond acceptors (Lipinski definition) is 3. The first-order valence-corrected chi connectivity index (χ1v) is 17.1. The maximum Gasteiger partial charge on any atom is 0.153 e. The molecule has 10 rings (SSSR count). The van der Waals surface area contributed by atoms with Gasteiger partial charge in [-0.3, -0.25) is 9.55 Å². The minimum atomic E-state index is 0.264. The summed E-state index contributed by atoms with van der Waals surface area (Å²) in [5, 5.41) is 3.49. The zero-order valence-electron chi connectivity index (χ0n) is 27.7. The molecule has 0 spiro atoms. The molecule has 0 unspecified atom stereocenters. The van der Waals surface area contributed by atoms with Crippen LogP contribution in [0.15, 0.2) is 156 Å². The van der Waals surface area contributed by atoms with Crippen molar-refractivity contribution < 1.29 is 4.42 Å². The second-order valence-corrected chi connectivity index (χ2v) is 13.3. The minimum absolute atomic E-state index is 0.264. The first kappa shape index (κ1) is 28.5. The van der Waals surface area contributed by atoms with Gasteiger partial charge >= 0.3 is 0 Å². The molecule has 10 aromatic rings. The Labute approximate surface area is 288 Å². The van der Waals surface area contributed by atoms with E-state index in [9.17, 15) is 0 Å². The third kappa shape index (κ3) is 4.40. The number of furan rings is 1. The lowest BCUT2D eigenvalue weighted by Gasteiger charge is -2.16. The lowest BCUT2D eigenvalue weighted by atomic mass is 9.96. The number of benzene rings is 6. The van der Waals surface area contributed by atoms with Crippen molar-refractivity contribution in [1.82, 2.24) is 19.1 Å². The van der Waals surface area contributed by atoms with Crippen molar-refractivity contribution in [3.05, 3.63) is 158 Å². The van der Waals surface area contributed by atoms with Crippen LogP contribution in [0, 0.1) is 0 Å². The van der Waals surface area contributed by atoms with E-state index in [4.69, 9.17) is 9.40 Å². The molecule has 5 heteroatoms. The quantitative estimate of drug-likeness (QED) is 0.187. The molecule has 6 aromatic carbocycles. The smallest absolute Gasteiger partial charge is 0.153 e. The SMILES string of the molecule is CC(C)c1nc2ccccc2n1-c1cccc(-c2cc(-c3ccc4oc5cccnc5c4c3)cc(-n3c4ccccc4c4ccccc43)c2)c1. The van der Waals surface area contributed by atoms with Crippen LogP contribution in [0.3, 0.4) is 0 Å². The molecule has 0 aliphatic carbocycles. The average molecular weight is 645 g/mol. The third-order valence-corrected chi connectivity index (χ3v) is 9.86. The highest BCUT2D eigenvalue weighted by molar-refractivity contribution is 6.09. The van der Waals surface area contributed by atoms with E-state index in [-0.39, 0.29) is 5.92 Å². The van der Waals surface area contributed by atoms with Crippen LogP contribution in [0.25, 0.3) is 88.5 Å². The summed E-state index contributed by atoms with van der Waals surface area (Å²) in [6.45, 7) is 4.41. The van der Waals surface area contributed by atoms with E-state index < -0.39 is 0 Å². The van der Waals surface area contributed by atoms with E-state index in [0.717, 1.165) is 72.6 Å². The fraction of sp³-hybridized carbons (Fsp3) is 0.0667. The summed E-state index contributed by atoms with van der Waals surface area (Å²) in [6.07, 6.45) is 1.83. The Morgan fingerprint density at radius 3 is 1.94 bits per heavy atom. The van der Waals surface area contributed by atoms with Crippen LogP contribution in [-0.2, 0) is 0 Å². The van der Waals surface area contributed by atoms with Crippen LogP contribution in [0.4, 0.5) is 0 Å². The van der Waals surface area contributed by atoms with Gasteiger partial charge in [0.25, 0.3) is 0 Å². The Morgan fingerprint density at radius 1 is 0.500 bits per heavy atom. The van der Waals surface area contributed by atoms with Gasteiger partial charge in [0.1, 0.15) is 16.9 Å². The van der Waals surface area contributed by atoms with Gasteiger partial charge in [-0.1, -0.05) is 80.6 Å². The van der Waals surface area contributed by atoms with Gasteiger partial charge in [0, 0.05) is 39.6 Å². The van der Waals surface area contributed by atoms with Crippen LogP contribution in [0.1, 0.15) is 25.6 Å². The van der Waals surface area contributed by atoms with Crippen molar-refractivity contribution in [1.29, 1.82) is 0 Å². The molecule has 0 atom stereocenters. The van der Waals surface area contributed by atoms with Gasteiger partial charge in [0.05, 0.1) is 22.1 Å². The Bertz CT molecular complexity index is 2870. The number of aromatic nitrogens is 4. The Balaban J connectivity index is 1.23. The summed E-state index contributed by atoms with van der Waals surface area (Å²) in [5.74, 6) is 1.32. The maximum absolute atomic E-state index is 6.15. The predicted octanol–water partition coefficient (Wildman–Crippen LogP) is 11.9. The summed E-state index contributed by atoms with van der Waals surface area (Å²) >= 11 is 0. The van der Waals surface area contributed by atoms with E-state index in [2.05, 4.69) is 161 Å². The highest BCUT2D eigenvalue weighted by atomic mass is 16.3. The van der Waals surface area contributed by atoms with Gasteiger partial charge in [0.15, 0.2) is 5.58 Å². The molecule has 4 aromatic heterocycles. The molecule has 0 fully saturated rings. The molecule has 238 valence electrons. The molecule has 0 radical (unpaired) electrons. The van der Waals surface area contributed by atoms with E-state index >= 15 is 0 Å². The molecular weight excluding hydrogens is 613 g/mol. The molecule has 0 aliphatic rings. The fourth-order valence-electron chi connectivity index (χ4n) is 7.58. The molecule has 50 heavy (non-hydrogen) atoms. The van der Waals surface area contributed by atoms with Crippen molar-refractivity contribution in [2.24, 2.45) is 0 Å². The molecule has 0 amide bonds. The summed E-state index contributed by atoms with van der Waals surface area (Å²) < 4.78 is 10.9. The van der Waals surface area contributed by atoms with Crippen molar-refractivity contribution in [3.8, 4) is 33.6 Å². The zero-order valence-corrected chi connectivity index (χ0v) is 27.7. The van der Waals surface area contributed by atoms with Gasteiger partial charge in [-0.2, -0.15) is 0 Å². The number of pyridine rings is 1. The van der Waals surface area contributed by atoms with Crippen molar-refractivity contribution in [2.45, 2.75) is 19.8 Å². The Morgan fingerprint density at radius 2 is 1.18 bits per heavy atom. The molecule has 0 bridgehead atoms. The molecular formula is C45H32N4O. The molecule has 4 heterocycles. The normalized spacial score (nSPS) is 12.0. The van der Waals surface area contributed by atoms with Gasteiger partial charge in [-0.15, -0.1) is 0 Å². The highest BCUT2D eigenvalue weighted by Crippen LogP contribution is 2.38. The average Bonchev–Trinajstić information content (AvgIpc) is 3.84. The lowest BCUT2D eigenvalue weighted by Crippen LogP contribution is -2.03. The predicted molar refractivity (Wildman–Crippen MR) is 205 cm³/mol. The second-order valence-electron chi connectivity index (χ2n) is 13.3. The molecule has 0 saturated heterocycles. The maximum atomic E-state index is 6.15. The van der Waals surface area contributed by atoms with Gasteiger partial charge in [-0.05, 0) is 101 Å². The first-order chi connectivity index (χ1) is 24.6. The minimum Gasteiger partial charge on any atom is -0.454 e. The number of hydrogen-bond donors (Lipinski definition) is 0. The van der Waals surface area contributed by atoms with Crippen molar-refractivity contribution >= 4 is 54.9 Å². The van der Waals surface area contributed by atoms with Crippen LogP contribution in [0.5, 0.6) is 0 Å². The molecule has 0 saturated carbocycles. The number of imidazole rings is 1. The fourth-order valence-corrected chi connectivity index (χ4v) is 7.58. The van der Waals surface area contributed by atoms with Crippen LogP contribution in [0.2, 0.25) is 0 Å². The van der Waals surface area contributed by atoms with Crippen LogP contribution in [-0.4, -0.2) is 19.1 Å². The largest absolute Gasteiger partial charge is 0.454 e. The summed E-state index contributed by atoms with van der Waals surface area (Å²) in [5.41, 5.74) is 13.7. The van der Waals surface area contributed by atoms with E-state index in [0.29, 0.717) is 0 Å². The topological polar surface area (TPSA) is 48.8 Å². The van der Waals surface area contributed by atoms with Crippen molar-refractivity contribution in [3.63, 3.8) is 0 Å². The van der Waals surface area contributed by atoms with Crippen molar-refractivity contribution in [2.75, 3.05) is 0 Å². The highest BCUT2D eigenvalue weighted by Gasteiger charge is 2.18. The third-order valence-electron chi connectivity index (χ3n) is 9.86. The second kappa shape index (κ2) is 11.0. The number of fused-ring (bicyclic) bond motifs is 7. The number of rotatable bonds is 5. The molecule has 5 nitrogen and oxygen atoms in total. The summed E-state index contributed by atoms with van der Waals surface area (Å²) in [4.78, 5) is 9.70. The number of nitrogens with zero attached hydrogens (tertiary/aromatic N) is 4. The van der Waals surface area contributed by atoms with E-state index in [1.165, 1.54) is 21.8 Å². The Kier molecular flexibility index (Phi) is 6.30. The molecule has 0 aliphatic heterocycles. The van der Waals surface area contributed by atoms with Crippen LogP contribution < -0.4 is 0 Å². The lowest BCUT2D eigenvalue weighted by molar-refractivity contribution is 0.668. The summed E-state index contributed by atoms with van der Waals surface area (Å²) in [7, 11) is 0. The Hall–Kier alpha value is -6.46. The summed E-state index contributed by atoms with van der Waals surface area (Å²) in [6, 6.07) is 51.9. The molecule has 0 N–H and O–H groups in total. The van der Waals surface area contributed by atoms with E-state index in [1.54, 1.807) is 0 Å². The van der Waals surface area contributed by atoms with Gasteiger partial charge in [0.2, 0.25) is 0 Å². The standard InChI is InChI=1S/C45H32N4O/c1-28(2)45-47-38-15-5-8-18-41(38)49(45)33-12-9-11-29(24-33)31-23-32(30-20-21-42-37(27-30)44-43(50-42)19-10-22-46-44)26-34(25-31)48-39-16-6-3-13-35(39)36-14-4-7-17-40(36)48/h3-28H,1-2H3. The van der Waals surface area contributed by atoms with Gasteiger partial charge in [-0.25, -0.2) is 4.98 Å². The first-order valence-electron chi connectivity index (χ1n) is 17.1. The monoisotopic (exact) mass is 644 g/mol. The zero-order chi connectivity index (χ0) is 33.3. The van der Waals surface area contributed by atoms with Gasteiger partial charge < -0.3 is 8.98 Å². The van der Waals surface area contributed by atoms with E-state index in [1.807, 2.05) is 18.3 Å². The number of para-hydroxylation sites is 4. The van der Waals surface area contributed by atoms with Crippen LogP contribution >= 0.6 is 0 Å².